The van der Waals surface area contributed by atoms with Gasteiger partial charge < -0.3 is 25.0 Å². The van der Waals surface area contributed by atoms with Crippen molar-refractivity contribution in [3.8, 4) is 0 Å². The third kappa shape index (κ3) is 5.58. The van der Waals surface area contributed by atoms with Gasteiger partial charge in [-0.2, -0.15) is 5.10 Å². The molecule has 1 unspecified atom stereocenters. The molecule has 0 spiro atoms. The predicted octanol–water partition coefficient (Wildman–Crippen LogP) is 1.81. The van der Waals surface area contributed by atoms with Crippen molar-refractivity contribution in [3.05, 3.63) is 53.5 Å². The summed E-state index contributed by atoms with van der Waals surface area (Å²) in [4.78, 5) is 36.8. The average Bonchev–Trinajstić information content (AvgIpc) is 3.48. The van der Waals surface area contributed by atoms with Crippen LogP contribution in [0.5, 0.6) is 0 Å². The number of halogens is 1. The Morgan fingerprint density at radius 2 is 2.03 bits per heavy atom. The van der Waals surface area contributed by atoms with Gasteiger partial charge in [0.2, 0.25) is 0 Å². The molecular weight excluding hydrogens is 505 g/mol. The molecule has 11 nitrogen and oxygen atoms in total. The number of anilines is 2. The molecule has 0 bridgehead atoms. The van der Waals surface area contributed by atoms with Crippen molar-refractivity contribution in [1.29, 1.82) is 0 Å². The van der Waals surface area contributed by atoms with Crippen LogP contribution >= 0.6 is 0 Å². The minimum atomic E-state index is -1.60. The molecule has 0 saturated carbocycles. The maximum atomic E-state index is 14.7. The number of aliphatic hydroxyl groups is 1. The highest BCUT2D eigenvalue weighted by Gasteiger charge is 2.36. The Morgan fingerprint density at radius 3 is 2.74 bits per heavy atom. The topological polar surface area (TPSA) is 116 Å². The normalized spacial score (nSPS) is 17.1. The fourth-order valence-electron chi connectivity index (χ4n) is 4.95. The number of hydrogen-bond acceptors (Lipinski definition) is 8. The van der Waals surface area contributed by atoms with E-state index in [1.165, 1.54) is 29.5 Å². The molecule has 2 aliphatic heterocycles. The number of aromatic nitrogens is 3. The van der Waals surface area contributed by atoms with Crippen LogP contribution in [0.3, 0.4) is 0 Å². The molecule has 1 atom stereocenters. The van der Waals surface area contributed by atoms with E-state index >= 15 is 0 Å². The highest BCUT2D eigenvalue weighted by atomic mass is 19.1. The van der Waals surface area contributed by atoms with E-state index in [2.05, 4.69) is 25.2 Å². The number of benzene rings is 1. The number of alkyl halides is 1. The fourth-order valence-corrected chi connectivity index (χ4v) is 4.95. The van der Waals surface area contributed by atoms with Gasteiger partial charge in [-0.15, -0.1) is 0 Å². The van der Waals surface area contributed by atoms with Crippen LogP contribution in [0.15, 0.2) is 36.8 Å². The van der Waals surface area contributed by atoms with Crippen molar-refractivity contribution in [1.82, 2.24) is 24.4 Å². The van der Waals surface area contributed by atoms with Gasteiger partial charge >= 0.3 is 0 Å². The van der Waals surface area contributed by atoms with Crippen molar-refractivity contribution in [2.24, 2.45) is 0 Å². The molecule has 2 N–H and O–H groups in total. The van der Waals surface area contributed by atoms with Crippen LogP contribution in [0, 0.1) is 0 Å². The standard InChI is InChI=1S/C27H34FN7O4/c1-27(2,38)23(28)17-34-16-18-13-21(31-25(36)20-15-30-35-6-4-5-29-24(20)35)22(14-19(18)26(34)37)33-9-7-32(8-10-33)11-12-39-3/h4-6,13-15,23,38H,7-12,16-17H2,1-3H3,(H,31,36). The Bertz CT molecular complexity index is 1360. The van der Waals surface area contributed by atoms with Crippen LogP contribution in [0.2, 0.25) is 0 Å². The molecule has 208 valence electrons. The number of ether oxygens (including phenoxy) is 1. The molecule has 3 aromatic rings. The van der Waals surface area contributed by atoms with Gasteiger partial charge in [0.15, 0.2) is 5.65 Å². The molecule has 2 amide bonds. The number of hydrogen-bond donors (Lipinski definition) is 2. The predicted molar refractivity (Wildman–Crippen MR) is 144 cm³/mol. The van der Waals surface area contributed by atoms with Crippen LogP contribution in [-0.4, -0.2) is 106 Å². The Kier molecular flexibility index (Phi) is 7.52. The summed E-state index contributed by atoms with van der Waals surface area (Å²) in [6, 6.07) is 5.33. The number of piperazine rings is 1. The van der Waals surface area contributed by atoms with Crippen LogP contribution in [0.4, 0.5) is 15.8 Å². The Labute approximate surface area is 226 Å². The van der Waals surface area contributed by atoms with Crippen molar-refractivity contribution < 1.29 is 23.8 Å². The third-order valence-electron chi connectivity index (χ3n) is 7.34. The molecule has 2 aliphatic rings. The van der Waals surface area contributed by atoms with Crippen LogP contribution in [-0.2, 0) is 11.3 Å². The molecule has 1 aromatic carbocycles. The van der Waals surface area contributed by atoms with E-state index in [0.29, 0.717) is 47.7 Å². The SMILES string of the molecule is COCCN1CCN(c2cc3c(cc2NC(=O)c2cnn4cccnc24)CN(CC(F)C(C)(C)O)C3=O)CC1. The molecular formula is C27H34FN7O4. The van der Waals surface area contributed by atoms with E-state index in [4.69, 9.17) is 4.74 Å². The van der Waals surface area contributed by atoms with Gasteiger partial charge in [-0.05, 0) is 37.6 Å². The zero-order valence-corrected chi connectivity index (χ0v) is 22.4. The monoisotopic (exact) mass is 539 g/mol. The smallest absolute Gasteiger partial charge is 0.261 e. The lowest BCUT2D eigenvalue weighted by molar-refractivity contribution is -0.0159. The second-order valence-electron chi connectivity index (χ2n) is 10.6. The summed E-state index contributed by atoms with van der Waals surface area (Å²) in [5.74, 6) is -0.655. The molecule has 5 rings (SSSR count). The van der Waals surface area contributed by atoms with Gasteiger partial charge in [-0.25, -0.2) is 13.9 Å². The summed E-state index contributed by atoms with van der Waals surface area (Å²) in [6.45, 7) is 7.24. The van der Waals surface area contributed by atoms with E-state index in [0.717, 1.165) is 25.3 Å². The highest BCUT2D eigenvalue weighted by Crippen LogP contribution is 2.36. The van der Waals surface area contributed by atoms with E-state index in [1.54, 1.807) is 37.7 Å². The minimum absolute atomic E-state index is 0.191. The summed E-state index contributed by atoms with van der Waals surface area (Å²) in [7, 11) is 1.68. The molecule has 1 fully saturated rings. The van der Waals surface area contributed by atoms with E-state index in [-0.39, 0.29) is 24.9 Å². The number of carbonyl (C=O) groups excluding carboxylic acids is 2. The van der Waals surface area contributed by atoms with Gasteiger partial charge in [0.25, 0.3) is 11.8 Å². The van der Waals surface area contributed by atoms with Crippen LogP contribution in [0.25, 0.3) is 5.65 Å². The Hall–Kier alpha value is -3.61. The van der Waals surface area contributed by atoms with Gasteiger partial charge in [0.05, 0.1) is 36.3 Å². The Balaban J connectivity index is 1.44. The first-order valence-corrected chi connectivity index (χ1v) is 13.0. The fraction of sp³-hybridized carbons (Fsp3) is 0.481. The second-order valence-corrected chi connectivity index (χ2v) is 10.6. The molecule has 1 saturated heterocycles. The largest absolute Gasteiger partial charge is 0.387 e. The first-order chi connectivity index (χ1) is 18.7. The molecule has 39 heavy (non-hydrogen) atoms. The van der Waals surface area contributed by atoms with Gasteiger partial charge in [0.1, 0.15) is 11.7 Å². The number of carbonyl (C=O) groups is 2. The summed E-state index contributed by atoms with van der Waals surface area (Å²) < 4.78 is 21.4. The van der Waals surface area contributed by atoms with Gasteiger partial charge in [-0.1, -0.05) is 0 Å². The molecule has 4 heterocycles. The van der Waals surface area contributed by atoms with Crippen molar-refractivity contribution in [3.63, 3.8) is 0 Å². The van der Waals surface area contributed by atoms with E-state index in [9.17, 15) is 19.1 Å². The highest BCUT2D eigenvalue weighted by molar-refractivity contribution is 6.10. The maximum Gasteiger partial charge on any atom is 0.261 e. The quantitative estimate of drug-likeness (QED) is 0.423. The lowest BCUT2D eigenvalue weighted by Crippen LogP contribution is -2.47. The average molecular weight is 540 g/mol. The summed E-state index contributed by atoms with van der Waals surface area (Å²) in [5, 5.41) is 17.3. The Morgan fingerprint density at radius 1 is 1.26 bits per heavy atom. The number of nitrogens with one attached hydrogen (secondary N) is 1. The minimum Gasteiger partial charge on any atom is -0.387 e. The number of methoxy groups -OCH3 is 1. The van der Waals surface area contributed by atoms with Crippen molar-refractivity contribution in [2.75, 3.05) is 63.2 Å². The maximum absolute atomic E-state index is 14.7. The third-order valence-corrected chi connectivity index (χ3v) is 7.34. The second kappa shape index (κ2) is 10.9. The lowest BCUT2D eigenvalue weighted by Gasteiger charge is -2.37. The first-order valence-electron chi connectivity index (χ1n) is 13.0. The van der Waals surface area contributed by atoms with E-state index in [1.807, 2.05) is 0 Å². The lowest BCUT2D eigenvalue weighted by atomic mass is 10.0. The molecule has 2 aromatic heterocycles. The van der Waals surface area contributed by atoms with Crippen molar-refractivity contribution >= 4 is 28.8 Å². The summed E-state index contributed by atoms with van der Waals surface area (Å²) in [5.41, 5.74) is 1.66. The first kappa shape index (κ1) is 27.0. The number of nitrogens with zero attached hydrogens (tertiary/aromatic N) is 6. The van der Waals surface area contributed by atoms with Crippen molar-refractivity contribution in [2.45, 2.75) is 32.2 Å². The van der Waals surface area contributed by atoms with Gasteiger partial charge in [-0.3, -0.25) is 14.5 Å². The zero-order chi connectivity index (χ0) is 27.7. The molecule has 12 heteroatoms. The zero-order valence-electron chi connectivity index (χ0n) is 22.4. The number of amides is 2. The number of fused-ring (bicyclic) bond motifs is 2. The number of rotatable bonds is 9. The summed E-state index contributed by atoms with van der Waals surface area (Å²) in [6.07, 6.45) is 3.19. The van der Waals surface area contributed by atoms with Crippen LogP contribution in [0.1, 0.15) is 40.1 Å². The molecule has 0 aliphatic carbocycles. The van der Waals surface area contributed by atoms with Gasteiger partial charge in [0, 0.05) is 64.3 Å². The van der Waals surface area contributed by atoms with Crippen LogP contribution < -0.4 is 10.2 Å². The van der Waals surface area contributed by atoms with E-state index < -0.39 is 11.8 Å². The summed E-state index contributed by atoms with van der Waals surface area (Å²) >= 11 is 0. The molecule has 0 radical (unpaired) electrons.